The molecular weight excluding hydrogens is 718 g/mol. The molecule has 0 amide bonds. The van der Waals surface area contributed by atoms with Crippen LogP contribution in [-0.2, 0) is 0 Å². The van der Waals surface area contributed by atoms with Gasteiger partial charge in [-0.2, -0.15) is 0 Å². The van der Waals surface area contributed by atoms with Gasteiger partial charge < -0.3 is 153 Å². The molecule has 0 saturated carbocycles. The maximum atomic E-state index is 0. The number of rotatable bonds is 0. The summed E-state index contributed by atoms with van der Waals surface area (Å²) in [6, 6.07) is 0. The molecule has 0 atom stereocenters. The summed E-state index contributed by atoms with van der Waals surface area (Å²) < 4.78 is 0. The summed E-state index contributed by atoms with van der Waals surface area (Å²) >= 11 is 0. The summed E-state index contributed by atoms with van der Waals surface area (Å²) in [4.78, 5) is 0. The van der Waals surface area contributed by atoms with Crippen LogP contribution in [0.1, 0.15) is 0 Å². The average Bonchev–Trinajstić information content (AvgIpc) is 0. The molecule has 284 valence electrons. The lowest BCUT2D eigenvalue weighted by Crippen LogP contribution is -0.382. The smallest absolute Gasteiger partial charge is 0.187 e. The first-order valence-electron chi connectivity index (χ1n) is 0. The van der Waals surface area contributed by atoms with E-state index >= 15 is 0 Å². The predicted molar refractivity (Wildman–Crippen MR) is 201 cm³/mol. The number of hydrogen-bond donors (Lipinski definition) is 0. The van der Waals surface area contributed by atoms with Crippen molar-refractivity contribution in [2.45, 2.75) is 0 Å². The van der Waals surface area contributed by atoms with Gasteiger partial charge in [0.15, 0.2) is 174 Å². The molecule has 0 aromatic heterocycles. The first-order chi connectivity index (χ1) is 0. The van der Waals surface area contributed by atoms with Crippen LogP contribution in [0.5, 0.6) is 0 Å². The highest BCUT2D eigenvalue weighted by molar-refractivity contribution is 5.76. The molecule has 38 heavy (non-hydrogen) atoms. The highest BCUT2D eigenvalue weighted by atomic mass is 27.0. The van der Waals surface area contributed by atoms with Crippen LogP contribution in [0.3, 0.4) is 0 Å². The summed E-state index contributed by atoms with van der Waals surface area (Å²) in [5.74, 6) is 0. The largest absolute Gasteiger partial charge is 0.412 e. The van der Waals surface area contributed by atoms with E-state index < -0.39 is 0 Å². The van der Waals surface area contributed by atoms with Gasteiger partial charge >= 0.3 is 0 Å². The van der Waals surface area contributed by atoms with E-state index in [1.54, 1.807) is 0 Å². The molecular formula is H86Al10O28. The fraction of sp³-hybridized carbons (Fsp3) is 0. The summed E-state index contributed by atoms with van der Waals surface area (Å²) in [5.41, 5.74) is 0. The first-order valence-corrected chi connectivity index (χ1v) is 0. The van der Waals surface area contributed by atoms with Crippen molar-refractivity contribution < 1.29 is 153 Å². The van der Waals surface area contributed by atoms with Gasteiger partial charge in [-0.05, 0) is 0 Å². The minimum Gasteiger partial charge on any atom is -0.412 e. The second kappa shape index (κ2) is 3770. The Kier molecular flexibility index (Phi) is 402000. The summed E-state index contributed by atoms with van der Waals surface area (Å²) in [7, 11) is 0. The lowest BCUT2D eigenvalue weighted by molar-refractivity contribution is 0.823. The Morgan fingerprint density at radius 2 is 0.0526 bits per heavy atom. The van der Waals surface area contributed by atoms with Crippen LogP contribution >= 0.6 is 0 Å². The van der Waals surface area contributed by atoms with Crippen LogP contribution in [0.2, 0.25) is 0 Å². The average molecular weight is 804 g/mol. The third-order valence-electron chi connectivity index (χ3n) is 0. The normalized spacial score (nSPS) is 0. The molecule has 0 unspecified atom stereocenters. The second-order valence-corrected chi connectivity index (χ2v) is 0. The highest BCUT2D eigenvalue weighted by Crippen LogP contribution is -0.260. The van der Waals surface area contributed by atoms with Crippen molar-refractivity contribution in [1.29, 1.82) is 0 Å². The minimum atomic E-state index is 0. The van der Waals surface area contributed by atoms with Gasteiger partial charge in [0.05, 0.1) is 0 Å². The van der Waals surface area contributed by atoms with E-state index in [1.165, 1.54) is 0 Å². The maximum absolute atomic E-state index is 0. The molecule has 28 nitrogen and oxygen atoms in total. The van der Waals surface area contributed by atoms with Gasteiger partial charge in [0.2, 0.25) is 0 Å². The van der Waals surface area contributed by atoms with Gasteiger partial charge in [-0.1, -0.05) is 0 Å². The van der Waals surface area contributed by atoms with Crippen molar-refractivity contribution in [3.05, 3.63) is 0 Å². The van der Waals surface area contributed by atoms with Crippen LogP contribution < -0.4 is 0 Å². The molecule has 0 bridgehead atoms. The van der Waals surface area contributed by atoms with Crippen molar-refractivity contribution in [3.8, 4) is 0 Å². The predicted octanol–water partition coefficient (Wildman–Crippen LogP) is -34.9. The van der Waals surface area contributed by atoms with Crippen molar-refractivity contribution in [2.75, 3.05) is 0 Å². The molecule has 0 heterocycles. The summed E-state index contributed by atoms with van der Waals surface area (Å²) in [6.07, 6.45) is 0. The SMILES string of the molecule is O.O.O.O.O.O.O.O.O.O.O.O.O.O.O.O.O.O.O.O.O.O.O.O.O.O.O.O.[AlH3].[AlH3].[AlH3].[AlH3].[AlH3].[AlH3].[AlH3].[AlH3].[AlH3].[AlH3]. The van der Waals surface area contributed by atoms with E-state index in [1.807, 2.05) is 0 Å². The molecule has 0 aromatic carbocycles. The molecule has 0 fully saturated rings. The Morgan fingerprint density at radius 1 is 0.0526 bits per heavy atom. The fourth-order valence-corrected chi connectivity index (χ4v) is 0. The van der Waals surface area contributed by atoms with E-state index in [0.717, 1.165) is 0 Å². The van der Waals surface area contributed by atoms with E-state index in [9.17, 15) is 0 Å². The third-order valence-corrected chi connectivity index (χ3v) is 0. The Morgan fingerprint density at radius 3 is 0.0526 bits per heavy atom. The molecule has 56 N–H and O–H groups in total. The van der Waals surface area contributed by atoms with E-state index in [0.29, 0.717) is 0 Å². The molecule has 0 radical (unpaired) electrons. The zero-order valence-corrected chi connectivity index (χ0v) is 14.0. The quantitative estimate of drug-likeness (QED) is 0.206. The minimum absolute atomic E-state index is 0. The van der Waals surface area contributed by atoms with Gasteiger partial charge in [-0.15, -0.1) is 0 Å². The van der Waals surface area contributed by atoms with Crippen molar-refractivity contribution >= 4 is 174 Å². The van der Waals surface area contributed by atoms with Gasteiger partial charge in [0.1, 0.15) is 0 Å². The summed E-state index contributed by atoms with van der Waals surface area (Å²) in [6.45, 7) is 0. The Bertz CT molecular complexity index is 31.6. The van der Waals surface area contributed by atoms with Crippen LogP contribution in [0, 0.1) is 0 Å². The standard InChI is InChI=1S/10Al.28H2O.30H/h;;;;;;;;;;28*1H2;;;;;;;;;;;;;;;;;;;;;;;;;;;;;;. The first kappa shape index (κ1) is 4050. The summed E-state index contributed by atoms with van der Waals surface area (Å²) in [5, 5.41) is 0. The van der Waals surface area contributed by atoms with E-state index in [4.69, 9.17) is 0 Å². The maximum Gasteiger partial charge on any atom is 0.187 e. The van der Waals surface area contributed by atoms with Crippen LogP contribution in [0.25, 0.3) is 0 Å². The van der Waals surface area contributed by atoms with Crippen LogP contribution in [-0.4, -0.2) is 327 Å². The van der Waals surface area contributed by atoms with Crippen molar-refractivity contribution in [1.82, 2.24) is 0 Å². The zero-order valence-electron chi connectivity index (χ0n) is 14.0. The molecule has 0 aromatic rings. The fourth-order valence-electron chi connectivity index (χ4n) is 0. The van der Waals surface area contributed by atoms with Gasteiger partial charge in [0, 0.05) is 0 Å². The molecule has 0 aliphatic carbocycles. The molecule has 0 rings (SSSR count). The molecule has 0 spiro atoms. The molecule has 0 aliphatic heterocycles. The van der Waals surface area contributed by atoms with Gasteiger partial charge in [-0.3, -0.25) is 0 Å². The lowest BCUT2D eigenvalue weighted by atomic mass is 16.0. The van der Waals surface area contributed by atoms with Crippen LogP contribution in [0.4, 0.5) is 0 Å². The Hall–Kier alpha value is 4.20. The highest BCUT2D eigenvalue weighted by Gasteiger charge is 0.196. The van der Waals surface area contributed by atoms with E-state index in [-0.39, 0.29) is 327 Å². The molecule has 0 aliphatic rings. The third kappa shape index (κ3) is 3500. The monoisotopic (exact) mass is 804 g/mol. The van der Waals surface area contributed by atoms with Gasteiger partial charge in [-0.25, -0.2) is 0 Å². The van der Waals surface area contributed by atoms with Crippen molar-refractivity contribution in [3.63, 3.8) is 0 Å². The molecule has 38 heteroatoms. The van der Waals surface area contributed by atoms with E-state index in [2.05, 4.69) is 0 Å². The number of hydrogen-bond acceptors (Lipinski definition) is 0. The van der Waals surface area contributed by atoms with Crippen LogP contribution in [0.15, 0.2) is 0 Å². The Balaban J connectivity index is 0. The Labute approximate surface area is 324 Å². The second-order valence-electron chi connectivity index (χ2n) is 0. The lowest BCUT2D eigenvalue weighted by Gasteiger charge is -0.413. The molecule has 0 saturated heterocycles. The van der Waals surface area contributed by atoms with Gasteiger partial charge in [0.25, 0.3) is 0 Å². The topological polar surface area (TPSA) is 882 Å². The zero-order chi connectivity index (χ0) is 0. The van der Waals surface area contributed by atoms with Crippen molar-refractivity contribution in [2.24, 2.45) is 0 Å².